The number of aromatic nitrogens is 2. The maximum atomic E-state index is 13.1. The second-order valence-electron chi connectivity index (χ2n) is 4.18. The van der Waals surface area contributed by atoms with E-state index in [-0.39, 0.29) is 18.7 Å². The van der Waals surface area contributed by atoms with Crippen molar-refractivity contribution in [3.63, 3.8) is 0 Å². The fraction of sp³-hybridized carbons (Fsp3) is 0.333. The van der Waals surface area contributed by atoms with Crippen LogP contribution in [0, 0.1) is 12.7 Å². The first kappa shape index (κ1) is 14.4. The van der Waals surface area contributed by atoms with Gasteiger partial charge in [0.05, 0.1) is 12.1 Å². The van der Waals surface area contributed by atoms with E-state index < -0.39 is 17.6 Å². The molecule has 8 heteroatoms. The summed E-state index contributed by atoms with van der Waals surface area (Å²) in [5, 5.41) is 6.37. The van der Waals surface area contributed by atoms with E-state index in [1.54, 1.807) is 6.92 Å². The molecular formula is C12H11F4N3O. The second-order valence-corrected chi connectivity index (χ2v) is 4.18. The Hall–Kier alpha value is -1.96. The average Bonchev–Trinajstić information content (AvgIpc) is 2.73. The highest BCUT2D eigenvalue weighted by Crippen LogP contribution is 2.30. The van der Waals surface area contributed by atoms with Crippen LogP contribution in [-0.4, -0.2) is 10.1 Å². The molecule has 0 fully saturated rings. The number of rotatable bonds is 4. The van der Waals surface area contributed by atoms with Crippen molar-refractivity contribution < 1.29 is 22.1 Å². The van der Waals surface area contributed by atoms with Crippen LogP contribution in [0.5, 0.6) is 0 Å². The van der Waals surface area contributed by atoms with E-state index in [4.69, 9.17) is 4.52 Å². The molecule has 2 aromatic rings. The van der Waals surface area contributed by atoms with E-state index in [1.165, 1.54) is 0 Å². The highest BCUT2D eigenvalue weighted by atomic mass is 19.4. The molecule has 0 radical (unpaired) electrons. The Kier molecular flexibility index (Phi) is 4.03. The van der Waals surface area contributed by atoms with Crippen molar-refractivity contribution >= 4 is 0 Å². The van der Waals surface area contributed by atoms with Crippen molar-refractivity contribution in [1.82, 2.24) is 15.5 Å². The molecule has 0 saturated heterocycles. The number of halogens is 4. The van der Waals surface area contributed by atoms with E-state index in [0.29, 0.717) is 17.8 Å². The zero-order valence-electron chi connectivity index (χ0n) is 10.5. The second kappa shape index (κ2) is 5.58. The topological polar surface area (TPSA) is 51.0 Å². The SMILES string of the molecule is Cc1noc(CNCc2cc(F)cc(C(F)(F)F)c2)n1. The summed E-state index contributed by atoms with van der Waals surface area (Å²) in [5.41, 5.74) is -0.823. The standard InChI is InChI=1S/C12H11F4N3O/c1-7-18-11(20-19-7)6-17-5-8-2-9(12(14,15)16)4-10(13)3-8/h2-4,17H,5-6H2,1H3. The Morgan fingerprint density at radius 1 is 1.20 bits per heavy atom. The van der Waals surface area contributed by atoms with E-state index in [9.17, 15) is 17.6 Å². The lowest BCUT2D eigenvalue weighted by Gasteiger charge is -2.09. The van der Waals surface area contributed by atoms with Crippen LogP contribution in [0.25, 0.3) is 0 Å². The summed E-state index contributed by atoms with van der Waals surface area (Å²) in [4.78, 5) is 3.92. The molecule has 0 bridgehead atoms. The lowest BCUT2D eigenvalue weighted by molar-refractivity contribution is -0.137. The summed E-state index contributed by atoms with van der Waals surface area (Å²) in [7, 11) is 0. The molecule has 0 saturated carbocycles. The average molecular weight is 289 g/mol. The van der Waals surface area contributed by atoms with E-state index in [0.717, 1.165) is 12.1 Å². The van der Waals surface area contributed by atoms with Crippen LogP contribution in [-0.2, 0) is 19.3 Å². The highest BCUT2D eigenvalue weighted by Gasteiger charge is 2.31. The Balaban J connectivity index is 2.00. The van der Waals surface area contributed by atoms with Gasteiger partial charge in [-0.15, -0.1) is 0 Å². The highest BCUT2D eigenvalue weighted by molar-refractivity contribution is 5.26. The summed E-state index contributed by atoms with van der Waals surface area (Å²) in [6.45, 7) is 1.90. The summed E-state index contributed by atoms with van der Waals surface area (Å²) < 4.78 is 55.5. The molecule has 4 nitrogen and oxygen atoms in total. The molecule has 1 heterocycles. The molecule has 1 N–H and O–H groups in total. The van der Waals surface area contributed by atoms with Crippen molar-refractivity contribution in [3.05, 3.63) is 46.9 Å². The van der Waals surface area contributed by atoms with E-state index in [1.807, 2.05) is 0 Å². The number of nitrogens with zero attached hydrogens (tertiary/aromatic N) is 2. The molecule has 20 heavy (non-hydrogen) atoms. The van der Waals surface area contributed by atoms with Gasteiger partial charge >= 0.3 is 6.18 Å². The molecule has 0 spiro atoms. The Morgan fingerprint density at radius 3 is 2.55 bits per heavy atom. The van der Waals surface area contributed by atoms with Crippen LogP contribution in [0.4, 0.5) is 17.6 Å². The molecule has 0 amide bonds. The van der Waals surface area contributed by atoms with Crippen LogP contribution >= 0.6 is 0 Å². The lowest BCUT2D eigenvalue weighted by atomic mass is 10.1. The van der Waals surface area contributed by atoms with Crippen LogP contribution in [0.3, 0.4) is 0 Å². The summed E-state index contributed by atoms with van der Waals surface area (Å²) >= 11 is 0. The fourth-order valence-electron chi connectivity index (χ4n) is 1.64. The summed E-state index contributed by atoms with van der Waals surface area (Å²) in [5.74, 6) is -0.146. The van der Waals surface area contributed by atoms with Gasteiger partial charge in [0.2, 0.25) is 5.89 Å². The monoisotopic (exact) mass is 289 g/mol. The van der Waals surface area contributed by atoms with Gasteiger partial charge in [0.15, 0.2) is 5.82 Å². The Bertz CT molecular complexity index is 595. The maximum absolute atomic E-state index is 13.1. The van der Waals surface area contributed by atoms with Gasteiger partial charge in [-0.3, -0.25) is 0 Å². The molecular weight excluding hydrogens is 278 g/mol. The van der Waals surface area contributed by atoms with Gasteiger partial charge < -0.3 is 9.84 Å². The predicted molar refractivity (Wildman–Crippen MR) is 61.0 cm³/mol. The lowest BCUT2D eigenvalue weighted by Crippen LogP contribution is -2.14. The molecule has 1 aromatic carbocycles. The number of benzene rings is 1. The number of alkyl halides is 3. The van der Waals surface area contributed by atoms with Crippen molar-refractivity contribution in [2.45, 2.75) is 26.2 Å². The van der Waals surface area contributed by atoms with Gasteiger partial charge in [0.1, 0.15) is 5.82 Å². The first-order chi connectivity index (χ1) is 9.34. The zero-order chi connectivity index (χ0) is 14.8. The Labute approximate surface area is 111 Å². The van der Waals surface area contributed by atoms with Crippen molar-refractivity contribution in [1.29, 1.82) is 0 Å². The van der Waals surface area contributed by atoms with Crippen LogP contribution in [0.15, 0.2) is 22.7 Å². The minimum Gasteiger partial charge on any atom is -0.338 e. The van der Waals surface area contributed by atoms with Crippen LogP contribution < -0.4 is 5.32 Å². The third-order valence-corrected chi connectivity index (χ3v) is 2.46. The van der Waals surface area contributed by atoms with Gasteiger partial charge in [-0.1, -0.05) is 5.16 Å². The van der Waals surface area contributed by atoms with Crippen LogP contribution in [0.1, 0.15) is 22.8 Å². The quantitative estimate of drug-likeness (QED) is 0.879. The van der Waals surface area contributed by atoms with Gasteiger partial charge in [0.25, 0.3) is 0 Å². The molecule has 0 aliphatic rings. The molecule has 1 aromatic heterocycles. The molecule has 0 unspecified atom stereocenters. The molecule has 2 rings (SSSR count). The fourth-order valence-corrected chi connectivity index (χ4v) is 1.64. The van der Waals surface area contributed by atoms with E-state index in [2.05, 4.69) is 15.5 Å². The minimum atomic E-state index is -4.57. The van der Waals surface area contributed by atoms with Crippen molar-refractivity contribution in [3.8, 4) is 0 Å². The van der Waals surface area contributed by atoms with E-state index >= 15 is 0 Å². The summed E-state index contributed by atoms with van der Waals surface area (Å²) in [6, 6.07) is 2.40. The van der Waals surface area contributed by atoms with Gasteiger partial charge in [-0.25, -0.2) is 4.39 Å². The third-order valence-electron chi connectivity index (χ3n) is 2.46. The molecule has 108 valence electrons. The maximum Gasteiger partial charge on any atom is 0.416 e. The van der Waals surface area contributed by atoms with Crippen molar-refractivity contribution in [2.75, 3.05) is 0 Å². The normalized spacial score (nSPS) is 11.8. The number of nitrogens with one attached hydrogen (secondary N) is 1. The Morgan fingerprint density at radius 2 is 1.95 bits per heavy atom. The minimum absolute atomic E-state index is 0.0578. The molecule has 0 atom stereocenters. The molecule has 0 aliphatic carbocycles. The molecule has 0 aliphatic heterocycles. The third kappa shape index (κ3) is 3.77. The van der Waals surface area contributed by atoms with Crippen LogP contribution in [0.2, 0.25) is 0 Å². The predicted octanol–water partition coefficient (Wildman–Crippen LogP) is 2.83. The van der Waals surface area contributed by atoms with Gasteiger partial charge in [0, 0.05) is 6.54 Å². The zero-order valence-corrected chi connectivity index (χ0v) is 10.5. The van der Waals surface area contributed by atoms with Crippen molar-refractivity contribution in [2.24, 2.45) is 0 Å². The largest absolute Gasteiger partial charge is 0.416 e. The first-order valence-corrected chi connectivity index (χ1v) is 5.71. The number of aryl methyl sites for hydroxylation is 1. The first-order valence-electron chi connectivity index (χ1n) is 5.71. The summed E-state index contributed by atoms with van der Waals surface area (Å²) in [6.07, 6.45) is -4.57. The smallest absolute Gasteiger partial charge is 0.338 e. The van der Waals surface area contributed by atoms with Gasteiger partial charge in [-0.05, 0) is 30.7 Å². The number of hydrogen-bond donors (Lipinski definition) is 1. The van der Waals surface area contributed by atoms with Gasteiger partial charge in [-0.2, -0.15) is 18.2 Å². The number of hydrogen-bond acceptors (Lipinski definition) is 4.